The largest absolute Gasteiger partial charge is 0.320 e. The summed E-state index contributed by atoms with van der Waals surface area (Å²) in [4.78, 5) is 0.839. The summed E-state index contributed by atoms with van der Waals surface area (Å²) in [5, 5.41) is 0. The maximum atomic E-state index is 13.9. The molecule has 2 rings (SSSR count). The average Bonchev–Trinajstić information content (AvgIpc) is 2.62. The van der Waals surface area contributed by atoms with Gasteiger partial charge in [-0.2, -0.15) is 0 Å². The molecule has 0 saturated carbocycles. The Balaban J connectivity index is 2.43. The van der Waals surface area contributed by atoms with Gasteiger partial charge in [0.15, 0.2) is 0 Å². The van der Waals surface area contributed by atoms with E-state index in [2.05, 4.69) is 15.9 Å². The standard InChI is InChI=1S/C12H10BrClFNS/c1-6-3-2-4-7(10(6)15)11(16)9-5-8(13)12(14)17-9/h2-5,11H,16H2,1H3. The molecule has 0 fully saturated rings. The van der Waals surface area contributed by atoms with E-state index < -0.39 is 6.04 Å². The third-order valence-electron chi connectivity index (χ3n) is 2.53. The molecular formula is C12H10BrClFNS. The van der Waals surface area contributed by atoms with Gasteiger partial charge < -0.3 is 5.73 Å². The Labute approximate surface area is 117 Å². The molecule has 5 heteroatoms. The lowest BCUT2D eigenvalue weighted by atomic mass is 10.0. The third kappa shape index (κ3) is 2.55. The summed E-state index contributed by atoms with van der Waals surface area (Å²) >= 11 is 10.6. The Bertz CT molecular complexity index is 536. The van der Waals surface area contributed by atoms with E-state index in [-0.39, 0.29) is 5.82 Å². The molecule has 2 aromatic rings. The number of halogens is 3. The van der Waals surface area contributed by atoms with Crippen molar-refractivity contribution in [2.45, 2.75) is 13.0 Å². The maximum absolute atomic E-state index is 13.9. The van der Waals surface area contributed by atoms with Crippen LogP contribution in [-0.2, 0) is 0 Å². The minimum Gasteiger partial charge on any atom is -0.320 e. The first kappa shape index (κ1) is 13.0. The second-order valence-electron chi connectivity index (χ2n) is 3.73. The van der Waals surface area contributed by atoms with Crippen molar-refractivity contribution in [1.82, 2.24) is 0 Å². The van der Waals surface area contributed by atoms with Crippen LogP contribution in [0.3, 0.4) is 0 Å². The van der Waals surface area contributed by atoms with Crippen molar-refractivity contribution in [2.75, 3.05) is 0 Å². The zero-order valence-electron chi connectivity index (χ0n) is 9.01. The highest BCUT2D eigenvalue weighted by molar-refractivity contribution is 9.10. The van der Waals surface area contributed by atoms with E-state index in [0.29, 0.717) is 15.5 Å². The summed E-state index contributed by atoms with van der Waals surface area (Å²) < 4.78 is 15.3. The van der Waals surface area contributed by atoms with Crippen LogP contribution in [0.5, 0.6) is 0 Å². The van der Waals surface area contributed by atoms with Crippen LogP contribution < -0.4 is 5.73 Å². The minimum absolute atomic E-state index is 0.249. The highest BCUT2D eigenvalue weighted by Crippen LogP contribution is 2.37. The SMILES string of the molecule is Cc1cccc(C(N)c2cc(Br)c(Cl)s2)c1F. The molecule has 0 aliphatic rings. The van der Waals surface area contributed by atoms with Crippen molar-refractivity contribution >= 4 is 38.9 Å². The molecule has 1 nitrogen and oxygen atoms in total. The van der Waals surface area contributed by atoms with Crippen molar-refractivity contribution in [3.05, 3.63) is 54.9 Å². The van der Waals surface area contributed by atoms with E-state index >= 15 is 0 Å². The first-order valence-electron chi connectivity index (χ1n) is 4.96. The molecule has 1 unspecified atom stereocenters. The number of rotatable bonds is 2. The van der Waals surface area contributed by atoms with Crippen molar-refractivity contribution in [2.24, 2.45) is 5.73 Å². The second kappa shape index (κ2) is 5.06. The highest BCUT2D eigenvalue weighted by atomic mass is 79.9. The van der Waals surface area contributed by atoms with Gasteiger partial charge in [0.25, 0.3) is 0 Å². The number of hydrogen-bond acceptors (Lipinski definition) is 2. The number of benzene rings is 1. The van der Waals surface area contributed by atoms with Crippen molar-refractivity contribution in [1.29, 1.82) is 0 Å². The summed E-state index contributed by atoms with van der Waals surface area (Å²) in [5.74, 6) is -0.249. The predicted molar refractivity (Wildman–Crippen MR) is 74.2 cm³/mol. The fourth-order valence-electron chi connectivity index (χ4n) is 1.58. The molecular weight excluding hydrogens is 325 g/mol. The highest BCUT2D eigenvalue weighted by Gasteiger charge is 2.18. The summed E-state index contributed by atoms with van der Waals surface area (Å²) in [6.45, 7) is 1.73. The van der Waals surface area contributed by atoms with Gasteiger partial charge in [0, 0.05) is 14.9 Å². The number of nitrogens with two attached hydrogens (primary N) is 1. The summed E-state index contributed by atoms with van der Waals surface area (Å²) in [5.41, 5.74) is 7.15. The van der Waals surface area contributed by atoms with Gasteiger partial charge in [-0.3, -0.25) is 0 Å². The molecule has 0 bridgehead atoms. The molecule has 0 spiro atoms. The van der Waals surface area contributed by atoms with E-state index in [9.17, 15) is 4.39 Å². The van der Waals surface area contributed by atoms with Crippen LogP contribution in [0, 0.1) is 12.7 Å². The molecule has 2 N–H and O–H groups in total. The lowest BCUT2D eigenvalue weighted by Crippen LogP contribution is -2.12. The van der Waals surface area contributed by atoms with Gasteiger partial charge in [-0.05, 0) is 34.5 Å². The van der Waals surface area contributed by atoms with Crippen LogP contribution in [0.25, 0.3) is 0 Å². The fraction of sp³-hybridized carbons (Fsp3) is 0.167. The molecule has 1 atom stereocenters. The van der Waals surface area contributed by atoms with Gasteiger partial charge >= 0.3 is 0 Å². The first-order chi connectivity index (χ1) is 8.00. The van der Waals surface area contributed by atoms with Gasteiger partial charge in [0.1, 0.15) is 10.2 Å². The van der Waals surface area contributed by atoms with Crippen LogP contribution in [0.1, 0.15) is 22.0 Å². The number of hydrogen-bond donors (Lipinski definition) is 1. The molecule has 1 aromatic carbocycles. The molecule has 90 valence electrons. The molecule has 1 heterocycles. The van der Waals surface area contributed by atoms with Gasteiger partial charge in [-0.25, -0.2) is 4.39 Å². The summed E-state index contributed by atoms with van der Waals surface area (Å²) in [7, 11) is 0. The Morgan fingerprint density at radius 1 is 1.47 bits per heavy atom. The Kier molecular flexibility index (Phi) is 3.88. The van der Waals surface area contributed by atoms with E-state index in [4.69, 9.17) is 17.3 Å². The van der Waals surface area contributed by atoms with Crippen LogP contribution in [-0.4, -0.2) is 0 Å². The second-order valence-corrected chi connectivity index (χ2v) is 6.27. The Hall–Kier alpha value is -0.420. The number of thiophene rings is 1. The van der Waals surface area contributed by atoms with Gasteiger partial charge in [-0.1, -0.05) is 29.8 Å². The van der Waals surface area contributed by atoms with Crippen LogP contribution >= 0.6 is 38.9 Å². The number of aryl methyl sites for hydroxylation is 1. The van der Waals surface area contributed by atoms with Gasteiger partial charge in [0.2, 0.25) is 0 Å². The summed E-state index contributed by atoms with van der Waals surface area (Å²) in [6.07, 6.45) is 0. The van der Waals surface area contributed by atoms with E-state index in [0.717, 1.165) is 9.35 Å². The molecule has 0 radical (unpaired) electrons. The molecule has 0 saturated heterocycles. The van der Waals surface area contributed by atoms with E-state index in [1.807, 2.05) is 6.07 Å². The zero-order valence-corrected chi connectivity index (χ0v) is 12.2. The fourth-order valence-corrected chi connectivity index (χ4v) is 3.34. The lowest BCUT2D eigenvalue weighted by Gasteiger charge is -2.12. The van der Waals surface area contributed by atoms with Gasteiger partial charge in [0.05, 0.1) is 6.04 Å². The molecule has 1 aromatic heterocycles. The minimum atomic E-state index is -0.483. The van der Waals surface area contributed by atoms with Crippen LogP contribution in [0.4, 0.5) is 4.39 Å². The maximum Gasteiger partial charge on any atom is 0.131 e. The average molecular weight is 335 g/mol. The molecule has 17 heavy (non-hydrogen) atoms. The lowest BCUT2D eigenvalue weighted by molar-refractivity contribution is 0.592. The van der Waals surface area contributed by atoms with Crippen molar-refractivity contribution in [3.8, 4) is 0 Å². The predicted octanol–water partition coefficient (Wildman–Crippen LogP) is 4.66. The Morgan fingerprint density at radius 2 is 2.18 bits per heavy atom. The van der Waals surface area contributed by atoms with Gasteiger partial charge in [-0.15, -0.1) is 11.3 Å². The normalized spacial score (nSPS) is 12.8. The first-order valence-corrected chi connectivity index (χ1v) is 6.94. The molecule has 0 amide bonds. The topological polar surface area (TPSA) is 26.0 Å². The summed E-state index contributed by atoms with van der Waals surface area (Å²) in [6, 6.07) is 6.58. The quantitative estimate of drug-likeness (QED) is 0.849. The molecule has 0 aliphatic carbocycles. The third-order valence-corrected chi connectivity index (χ3v) is 5.09. The van der Waals surface area contributed by atoms with E-state index in [1.54, 1.807) is 25.1 Å². The molecule has 0 aliphatic heterocycles. The van der Waals surface area contributed by atoms with Crippen molar-refractivity contribution < 1.29 is 4.39 Å². The smallest absolute Gasteiger partial charge is 0.131 e. The van der Waals surface area contributed by atoms with Crippen molar-refractivity contribution in [3.63, 3.8) is 0 Å². The Morgan fingerprint density at radius 3 is 2.76 bits per heavy atom. The van der Waals surface area contributed by atoms with Crippen LogP contribution in [0.15, 0.2) is 28.7 Å². The monoisotopic (exact) mass is 333 g/mol. The van der Waals surface area contributed by atoms with E-state index in [1.165, 1.54) is 11.3 Å². The van der Waals surface area contributed by atoms with Crippen LogP contribution in [0.2, 0.25) is 4.34 Å². The zero-order chi connectivity index (χ0) is 12.6.